The van der Waals surface area contributed by atoms with E-state index in [2.05, 4.69) is 9.98 Å². The van der Waals surface area contributed by atoms with Crippen LogP contribution in [-0.4, -0.2) is 22.5 Å². The number of aryl methyl sites for hydroxylation is 1. The minimum Gasteiger partial charge on any atom is -0.378 e. The highest BCUT2D eigenvalue weighted by Gasteiger charge is 2.49. The lowest BCUT2D eigenvalue weighted by atomic mass is 9.88. The lowest BCUT2D eigenvalue weighted by molar-refractivity contribution is -0.0170. The van der Waals surface area contributed by atoms with Crippen LogP contribution in [0.2, 0.25) is 0 Å². The van der Waals surface area contributed by atoms with Crippen LogP contribution >= 0.6 is 11.8 Å². The highest BCUT2D eigenvalue weighted by Crippen LogP contribution is 2.48. The van der Waals surface area contributed by atoms with Gasteiger partial charge in [-0.3, -0.25) is 4.98 Å². The molecule has 1 fully saturated rings. The summed E-state index contributed by atoms with van der Waals surface area (Å²) in [6, 6.07) is 7.11. The van der Waals surface area contributed by atoms with Gasteiger partial charge in [-0.1, -0.05) is 17.8 Å². The maximum Gasteiger partial charge on any atom is 0.194 e. The average Bonchev–Trinajstić information content (AvgIpc) is 2.99. The number of benzene rings is 1. The molecule has 6 heteroatoms. The molecule has 2 aliphatic heterocycles. The summed E-state index contributed by atoms with van der Waals surface area (Å²) >= 11 is 1.51. The van der Waals surface area contributed by atoms with E-state index in [9.17, 15) is 4.39 Å². The quantitative estimate of drug-likeness (QED) is 0.907. The molecule has 1 aromatic carbocycles. The van der Waals surface area contributed by atoms with E-state index in [4.69, 9.17) is 10.5 Å². The Morgan fingerprint density at radius 2 is 2.17 bits per heavy atom. The highest BCUT2D eigenvalue weighted by atomic mass is 32.2. The third-order valence-corrected chi connectivity index (χ3v) is 5.57. The van der Waals surface area contributed by atoms with E-state index in [1.807, 2.05) is 19.1 Å². The Balaban J connectivity index is 1.86. The molecular weight excluding hydrogens is 325 g/mol. The number of hydrogen-bond donors (Lipinski definition) is 1. The molecule has 2 N–H and O–H groups in total. The van der Waals surface area contributed by atoms with Crippen molar-refractivity contribution < 1.29 is 9.13 Å². The van der Waals surface area contributed by atoms with Gasteiger partial charge >= 0.3 is 0 Å². The molecule has 2 aliphatic rings. The van der Waals surface area contributed by atoms with Gasteiger partial charge in [0.25, 0.3) is 0 Å². The average molecular weight is 343 g/mol. The van der Waals surface area contributed by atoms with Crippen molar-refractivity contribution >= 4 is 16.9 Å². The van der Waals surface area contributed by atoms with Gasteiger partial charge in [0.1, 0.15) is 5.82 Å². The number of rotatable bonds is 2. The van der Waals surface area contributed by atoms with Crippen LogP contribution in [0.1, 0.15) is 17.5 Å². The number of aliphatic imine (C=N–C) groups is 1. The summed E-state index contributed by atoms with van der Waals surface area (Å²) in [7, 11) is 0. The smallest absolute Gasteiger partial charge is 0.194 e. The number of nitrogens with two attached hydrogens (primary N) is 1. The van der Waals surface area contributed by atoms with E-state index in [0.717, 1.165) is 28.9 Å². The van der Waals surface area contributed by atoms with Crippen molar-refractivity contribution in [3.05, 3.63) is 53.6 Å². The van der Waals surface area contributed by atoms with Gasteiger partial charge in [-0.2, -0.15) is 0 Å². The monoisotopic (exact) mass is 343 g/mol. The first-order chi connectivity index (χ1) is 11.6. The van der Waals surface area contributed by atoms with Crippen LogP contribution < -0.4 is 5.73 Å². The van der Waals surface area contributed by atoms with Crippen molar-refractivity contribution in [2.24, 2.45) is 16.6 Å². The molecule has 0 spiro atoms. The molecular formula is C18H18FN3OS. The Morgan fingerprint density at radius 1 is 1.29 bits per heavy atom. The molecule has 0 bridgehead atoms. The minimum atomic E-state index is -0.993. The van der Waals surface area contributed by atoms with Crippen LogP contribution in [0.15, 0.2) is 41.7 Å². The lowest BCUT2D eigenvalue weighted by Gasteiger charge is -2.34. The molecule has 2 aromatic rings. The van der Waals surface area contributed by atoms with Crippen LogP contribution in [0.3, 0.4) is 0 Å². The van der Waals surface area contributed by atoms with Gasteiger partial charge in [-0.25, -0.2) is 9.38 Å². The summed E-state index contributed by atoms with van der Waals surface area (Å²) in [5.41, 5.74) is 8.31. The van der Waals surface area contributed by atoms with E-state index in [1.165, 1.54) is 17.8 Å². The predicted molar refractivity (Wildman–Crippen MR) is 94.2 cm³/mol. The first-order valence-electron chi connectivity index (χ1n) is 7.92. The number of hydrogen-bond acceptors (Lipinski definition) is 5. The number of fused-ring (bicyclic) bond motifs is 1. The van der Waals surface area contributed by atoms with Crippen molar-refractivity contribution in [1.29, 1.82) is 0 Å². The van der Waals surface area contributed by atoms with Crippen molar-refractivity contribution in [1.82, 2.24) is 4.98 Å². The fourth-order valence-electron chi connectivity index (χ4n) is 3.42. The van der Waals surface area contributed by atoms with Crippen LogP contribution in [0.5, 0.6) is 0 Å². The van der Waals surface area contributed by atoms with Crippen molar-refractivity contribution in [3.8, 4) is 11.1 Å². The first kappa shape index (κ1) is 15.6. The third kappa shape index (κ3) is 2.50. The summed E-state index contributed by atoms with van der Waals surface area (Å²) in [4.78, 5) is 8.76. The molecule has 0 aliphatic carbocycles. The summed E-state index contributed by atoms with van der Waals surface area (Å²) in [6.07, 6.45) is 4.44. The molecule has 0 unspecified atom stereocenters. The third-order valence-electron chi connectivity index (χ3n) is 4.61. The Labute approximate surface area is 144 Å². The molecule has 3 heterocycles. The summed E-state index contributed by atoms with van der Waals surface area (Å²) in [5.74, 6) is 0.621. The second kappa shape index (κ2) is 5.86. The van der Waals surface area contributed by atoms with Crippen molar-refractivity contribution in [2.45, 2.75) is 19.1 Å². The van der Waals surface area contributed by atoms with Crippen molar-refractivity contribution in [3.63, 3.8) is 0 Å². The SMILES string of the molecule is Cc1cncc(-c2ccc(F)c([C@@]34N=C(N)SC[C@@H]3CCO4)c2)c1. The lowest BCUT2D eigenvalue weighted by Crippen LogP contribution is -2.38. The van der Waals surface area contributed by atoms with Gasteiger partial charge in [-0.15, -0.1) is 0 Å². The second-order valence-corrected chi connectivity index (χ2v) is 7.28. The van der Waals surface area contributed by atoms with Gasteiger partial charge in [0.05, 0.1) is 6.61 Å². The fourth-order valence-corrected chi connectivity index (χ4v) is 4.39. The van der Waals surface area contributed by atoms with Crippen molar-refractivity contribution in [2.75, 3.05) is 12.4 Å². The molecule has 0 saturated carbocycles. The van der Waals surface area contributed by atoms with E-state index in [1.54, 1.807) is 18.5 Å². The standard InChI is InChI=1S/C18H18FN3OS/c1-11-6-13(9-21-8-11)12-2-3-16(19)15(7-12)18-14(4-5-23-18)10-24-17(20)22-18/h2-3,6-9,14H,4-5,10H2,1H3,(H2,20,22)/t14-,18+/m0/s1. The molecule has 0 amide bonds. The van der Waals surface area contributed by atoms with E-state index in [-0.39, 0.29) is 11.7 Å². The Hall–Kier alpha value is -1.92. The molecule has 24 heavy (non-hydrogen) atoms. The number of thioether (sulfide) groups is 1. The molecule has 0 radical (unpaired) electrons. The molecule has 1 aromatic heterocycles. The number of halogens is 1. The number of ether oxygens (including phenoxy) is 1. The first-order valence-corrected chi connectivity index (χ1v) is 8.91. The fraction of sp³-hybridized carbons (Fsp3) is 0.333. The van der Waals surface area contributed by atoms with Crippen LogP contribution in [0.4, 0.5) is 4.39 Å². The number of aromatic nitrogens is 1. The van der Waals surface area contributed by atoms with Gasteiger partial charge in [0.2, 0.25) is 0 Å². The van der Waals surface area contributed by atoms with Gasteiger partial charge < -0.3 is 10.5 Å². The van der Waals surface area contributed by atoms with Gasteiger partial charge in [0.15, 0.2) is 10.9 Å². The number of nitrogens with zero attached hydrogens (tertiary/aromatic N) is 2. The molecule has 1 saturated heterocycles. The van der Waals surface area contributed by atoms with E-state index in [0.29, 0.717) is 17.3 Å². The topological polar surface area (TPSA) is 60.5 Å². The summed E-state index contributed by atoms with van der Waals surface area (Å²) in [5, 5.41) is 0.454. The largest absolute Gasteiger partial charge is 0.378 e. The molecule has 4 rings (SSSR count). The Morgan fingerprint density at radius 3 is 3.00 bits per heavy atom. The van der Waals surface area contributed by atoms with E-state index >= 15 is 0 Å². The Bertz CT molecular complexity index is 826. The predicted octanol–water partition coefficient (Wildman–Crippen LogP) is 3.45. The van der Waals surface area contributed by atoms with Crippen LogP contribution in [0.25, 0.3) is 11.1 Å². The molecule has 124 valence electrons. The number of amidine groups is 1. The van der Waals surface area contributed by atoms with Crippen LogP contribution in [-0.2, 0) is 10.5 Å². The molecule has 4 nitrogen and oxygen atoms in total. The van der Waals surface area contributed by atoms with Gasteiger partial charge in [-0.05, 0) is 42.7 Å². The minimum absolute atomic E-state index is 0.134. The zero-order chi connectivity index (χ0) is 16.7. The maximum absolute atomic E-state index is 14.7. The summed E-state index contributed by atoms with van der Waals surface area (Å²) in [6.45, 7) is 2.55. The number of pyridine rings is 1. The highest BCUT2D eigenvalue weighted by molar-refractivity contribution is 8.13. The van der Waals surface area contributed by atoms with Gasteiger partial charge in [0, 0.05) is 35.2 Å². The summed E-state index contributed by atoms with van der Waals surface area (Å²) < 4.78 is 20.7. The zero-order valence-corrected chi connectivity index (χ0v) is 14.1. The Kier molecular flexibility index (Phi) is 3.81. The van der Waals surface area contributed by atoms with E-state index < -0.39 is 5.72 Å². The van der Waals surface area contributed by atoms with Crippen LogP contribution in [0, 0.1) is 18.7 Å². The second-order valence-electron chi connectivity index (χ2n) is 6.24. The maximum atomic E-state index is 14.7. The normalized spacial score (nSPS) is 26.1. The molecule has 2 atom stereocenters. The zero-order valence-electron chi connectivity index (χ0n) is 13.3.